The highest BCUT2D eigenvalue weighted by molar-refractivity contribution is 6.54. The lowest BCUT2D eigenvalue weighted by molar-refractivity contribution is 0.224. The molecule has 2 heterocycles. The molecule has 0 aliphatic carbocycles. The second-order valence-electron chi connectivity index (χ2n) is 3.91. The van der Waals surface area contributed by atoms with E-state index in [4.69, 9.17) is 9.16 Å². The van der Waals surface area contributed by atoms with E-state index in [0.29, 0.717) is 5.54 Å². The zero-order chi connectivity index (χ0) is 9.10. The van der Waals surface area contributed by atoms with Crippen molar-refractivity contribution >= 4 is 9.04 Å². The second kappa shape index (κ2) is 4.29. The fraction of sp³-hybridized carbons (Fsp3) is 0.800. The minimum atomic E-state index is -0.967. The van der Waals surface area contributed by atoms with Gasteiger partial charge < -0.3 is 9.16 Å². The first-order valence-electron chi connectivity index (χ1n) is 5.27. The summed E-state index contributed by atoms with van der Waals surface area (Å²) in [5.41, 5.74) is 0.682. The van der Waals surface area contributed by atoms with Gasteiger partial charge in [0.05, 0.1) is 12.4 Å². The monoisotopic (exact) mass is 198 g/mol. The first-order chi connectivity index (χ1) is 6.42. The highest BCUT2D eigenvalue weighted by Gasteiger charge is 2.31. The maximum atomic E-state index is 5.64. The summed E-state index contributed by atoms with van der Waals surface area (Å²) in [4.78, 5) is 0. The third kappa shape index (κ3) is 1.97. The summed E-state index contributed by atoms with van der Waals surface area (Å²) in [5.74, 6) is 1.26. The largest absolute Gasteiger partial charge is 0.498 e. The molecule has 2 unspecified atom stereocenters. The molecule has 1 fully saturated rings. The van der Waals surface area contributed by atoms with Crippen LogP contribution in [0.5, 0.6) is 0 Å². The molecule has 2 rings (SSSR count). The normalized spacial score (nSPS) is 34.1. The van der Waals surface area contributed by atoms with E-state index in [1.165, 1.54) is 31.1 Å². The van der Waals surface area contributed by atoms with Crippen LogP contribution in [0.4, 0.5) is 0 Å². The van der Waals surface area contributed by atoms with Gasteiger partial charge in [0, 0.05) is 19.1 Å². The van der Waals surface area contributed by atoms with E-state index in [2.05, 4.69) is 6.08 Å². The lowest BCUT2D eigenvalue weighted by atomic mass is 10.1. The Bertz CT molecular complexity index is 203. The average molecular weight is 198 g/mol. The van der Waals surface area contributed by atoms with Crippen LogP contribution in [0.1, 0.15) is 25.7 Å². The maximum absolute atomic E-state index is 5.64. The van der Waals surface area contributed by atoms with Crippen molar-refractivity contribution in [3.05, 3.63) is 11.8 Å². The van der Waals surface area contributed by atoms with Gasteiger partial charge >= 0.3 is 0 Å². The summed E-state index contributed by atoms with van der Waals surface area (Å²) in [6.45, 7) is 0.899. The van der Waals surface area contributed by atoms with E-state index in [9.17, 15) is 0 Å². The Balaban J connectivity index is 2.01. The van der Waals surface area contributed by atoms with Gasteiger partial charge in [-0.3, -0.25) is 0 Å². The Morgan fingerprint density at radius 1 is 1.54 bits per heavy atom. The lowest BCUT2D eigenvalue weighted by Gasteiger charge is -2.29. The molecule has 0 spiro atoms. The predicted molar refractivity (Wildman–Crippen MR) is 55.2 cm³/mol. The fourth-order valence-electron chi connectivity index (χ4n) is 2.40. The maximum Gasteiger partial charge on any atom is 0.186 e. The molecule has 2 aliphatic rings. The van der Waals surface area contributed by atoms with Crippen molar-refractivity contribution in [3.8, 4) is 0 Å². The Hall–Kier alpha value is -0.283. The molecule has 3 heteroatoms. The molecular formula is C10H18O2Si. The Morgan fingerprint density at radius 3 is 3.15 bits per heavy atom. The molecule has 0 aromatic heterocycles. The van der Waals surface area contributed by atoms with Gasteiger partial charge in [-0.15, -0.1) is 0 Å². The molecule has 0 radical (unpaired) electrons. The minimum Gasteiger partial charge on any atom is -0.498 e. The van der Waals surface area contributed by atoms with Gasteiger partial charge in [0.1, 0.15) is 0 Å². The van der Waals surface area contributed by atoms with Crippen LogP contribution in [0.15, 0.2) is 11.8 Å². The zero-order valence-electron chi connectivity index (χ0n) is 8.29. The van der Waals surface area contributed by atoms with Crippen molar-refractivity contribution < 1.29 is 9.16 Å². The summed E-state index contributed by atoms with van der Waals surface area (Å²) in [5, 5.41) is 0. The molecule has 74 valence electrons. The number of allylic oxidation sites excluding steroid dienone is 1. The third-order valence-electron chi connectivity index (χ3n) is 3.10. The van der Waals surface area contributed by atoms with Gasteiger partial charge in [-0.2, -0.15) is 0 Å². The fourth-order valence-corrected chi connectivity index (χ4v) is 5.26. The number of rotatable bonds is 2. The summed E-state index contributed by atoms with van der Waals surface area (Å²) >= 11 is 0. The standard InChI is InChI=1S/C10H18O2Si/c1-11-13-8-3-2-6-10(13)9-5-4-7-12-9/h5,10,13H,2-4,6-8H2,1H3. The molecule has 0 aromatic carbocycles. The van der Waals surface area contributed by atoms with Crippen molar-refractivity contribution in [2.24, 2.45) is 0 Å². The summed E-state index contributed by atoms with van der Waals surface area (Å²) < 4.78 is 11.3. The predicted octanol–water partition coefficient (Wildman–Crippen LogP) is 2.21. The first kappa shape index (κ1) is 9.28. The SMILES string of the molecule is CO[SiH]1CCCCC1C1=CCCO1. The molecule has 13 heavy (non-hydrogen) atoms. The quantitative estimate of drug-likeness (QED) is 0.633. The second-order valence-corrected chi connectivity index (χ2v) is 6.84. The van der Waals surface area contributed by atoms with E-state index < -0.39 is 9.04 Å². The molecule has 0 N–H and O–H groups in total. The smallest absolute Gasteiger partial charge is 0.186 e. The average Bonchev–Trinajstić information content (AvgIpc) is 2.70. The van der Waals surface area contributed by atoms with Gasteiger partial charge in [-0.1, -0.05) is 12.8 Å². The van der Waals surface area contributed by atoms with Crippen LogP contribution in [-0.4, -0.2) is 22.8 Å². The molecule has 0 aromatic rings. The van der Waals surface area contributed by atoms with Gasteiger partial charge in [-0.05, 0) is 18.5 Å². The summed E-state index contributed by atoms with van der Waals surface area (Å²) in [6.07, 6.45) is 7.41. The van der Waals surface area contributed by atoms with Crippen LogP contribution in [0.2, 0.25) is 11.6 Å². The van der Waals surface area contributed by atoms with Crippen LogP contribution in [0, 0.1) is 0 Å². The van der Waals surface area contributed by atoms with E-state index in [1.807, 2.05) is 7.11 Å². The van der Waals surface area contributed by atoms with Crippen molar-refractivity contribution in [1.82, 2.24) is 0 Å². The van der Waals surface area contributed by atoms with E-state index in [0.717, 1.165) is 13.0 Å². The van der Waals surface area contributed by atoms with Gasteiger partial charge in [-0.25, -0.2) is 0 Å². The van der Waals surface area contributed by atoms with Gasteiger partial charge in [0.25, 0.3) is 0 Å². The third-order valence-corrected chi connectivity index (χ3v) is 6.25. The van der Waals surface area contributed by atoms with Gasteiger partial charge in [0.2, 0.25) is 0 Å². The van der Waals surface area contributed by atoms with Crippen LogP contribution in [-0.2, 0) is 9.16 Å². The topological polar surface area (TPSA) is 18.5 Å². The molecule has 1 saturated heterocycles. The molecule has 2 aliphatic heterocycles. The molecule has 2 nitrogen and oxygen atoms in total. The van der Waals surface area contributed by atoms with Crippen molar-refractivity contribution in [2.75, 3.05) is 13.7 Å². The molecular weight excluding hydrogens is 180 g/mol. The first-order valence-corrected chi connectivity index (χ1v) is 7.23. The van der Waals surface area contributed by atoms with Crippen LogP contribution in [0.3, 0.4) is 0 Å². The highest BCUT2D eigenvalue weighted by atomic mass is 28.3. The van der Waals surface area contributed by atoms with Crippen molar-refractivity contribution in [2.45, 2.75) is 37.3 Å². The number of hydrogen-bond acceptors (Lipinski definition) is 2. The number of hydrogen-bond donors (Lipinski definition) is 0. The molecule has 0 bridgehead atoms. The van der Waals surface area contributed by atoms with Crippen LogP contribution >= 0.6 is 0 Å². The summed E-state index contributed by atoms with van der Waals surface area (Å²) in [7, 11) is 0.913. The Labute approximate surface area is 81.7 Å². The molecule has 0 amide bonds. The van der Waals surface area contributed by atoms with Crippen LogP contribution < -0.4 is 0 Å². The molecule has 0 saturated carbocycles. The Kier molecular flexibility index (Phi) is 3.06. The zero-order valence-corrected chi connectivity index (χ0v) is 9.45. The van der Waals surface area contributed by atoms with Gasteiger partial charge in [0.15, 0.2) is 9.04 Å². The molecule has 2 atom stereocenters. The van der Waals surface area contributed by atoms with E-state index in [1.54, 1.807) is 0 Å². The van der Waals surface area contributed by atoms with E-state index in [-0.39, 0.29) is 0 Å². The summed E-state index contributed by atoms with van der Waals surface area (Å²) in [6, 6.07) is 1.34. The minimum absolute atomic E-state index is 0.682. The van der Waals surface area contributed by atoms with Crippen molar-refractivity contribution in [1.29, 1.82) is 0 Å². The van der Waals surface area contributed by atoms with Crippen molar-refractivity contribution in [3.63, 3.8) is 0 Å². The number of ether oxygens (including phenoxy) is 1. The lowest BCUT2D eigenvalue weighted by Crippen LogP contribution is -2.28. The highest BCUT2D eigenvalue weighted by Crippen LogP contribution is 2.37. The van der Waals surface area contributed by atoms with E-state index >= 15 is 0 Å². The van der Waals surface area contributed by atoms with Crippen LogP contribution in [0.25, 0.3) is 0 Å². The Morgan fingerprint density at radius 2 is 2.46 bits per heavy atom.